The lowest BCUT2D eigenvalue weighted by Gasteiger charge is -2.40. The van der Waals surface area contributed by atoms with Crippen LogP contribution in [0.15, 0.2) is 71.3 Å². The molecule has 0 bridgehead atoms. The molecule has 4 N–H and O–H groups in total. The van der Waals surface area contributed by atoms with Crippen LogP contribution in [0.5, 0.6) is 0 Å². The molecule has 0 radical (unpaired) electrons. The molecule has 3 atom stereocenters. The van der Waals surface area contributed by atoms with Crippen LogP contribution in [0.2, 0.25) is 0 Å². The van der Waals surface area contributed by atoms with Crippen LogP contribution in [0.1, 0.15) is 57.6 Å². The first-order valence-corrected chi connectivity index (χ1v) is 19.5. The van der Waals surface area contributed by atoms with E-state index in [9.17, 15) is 38.7 Å². The Morgan fingerprint density at radius 2 is 1.37 bits per heavy atom. The molecule has 2 aromatic rings. The average molecular weight is 814 g/mol. The number of ketones is 1. The number of benzene rings is 2. The van der Waals surface area contributed by atoms with E-state index in [2.05, 4.69) is 16.0 Å². The molecule has 1 saturated carbocycles. The van der Waals surface area contributed by atoms with Gasteiger partial charge in [0.05, 0.1) is 18.5 Å². The molecule has 4 aliphatic rings. The quantitative estimate of drug-likeness (QED) is 0.161. The van der Waals surface area contributed by atoms with E-state index in [1.807, 2.05) is 55.5 Å². The van der Waals surface area contributed by atoms with Crippen LogP contribution < -0.4 is 16.0 Å². The molecule has 0 aliphatic heterocycles. The first-order valence-electron chi connectivity index (χ1n) is 19.5. The highest BCUT2D eigenvalue weighted by Gasteiger charge is 2.67. The third-order valence-corrected chi connectivity index (χ3v) is 12.0. The summed E-state index contributed by atoms with van der Waals surface area (Å²) in [5.41, 5.74) is 2.33. The summed E-state index contributed by atoms with van der Waals surface area (Å²) in [6, 6.07) is 15.8. The largest absolute Gasteiger partial charge is 0.465 e. The molecule has 59 heavy (non-hydrogen) atoms. The molecular weight excluding hydrogens is 762 g/mol. The van der Waals surface area contributed by atoms with E-state index in [0.717, 1.165) is 27.8 Å². The third kappa shape index (κ3) is 8.44. The molecule has 0 aromatic heterocycles. The van der Waals surface area contributed by atoms with Crippen LogP contribution in [0.25, 0.3) is 11.1 Å². The Hall–Kier alpha value is -6.03. The fraction of sp³-hybridized carbons (Fsp3) is 0.465. The summed E-state index contributed by atoms with van der Waals surface area (Å²) < 4.78 is 16.8. The molecule has 0 saturated heterocycles. The zero-order valence-corrected chi connectivity index (χ0v) is 34.1. The lowest BCUT2D eigenvalue weighted by molar-refractivity contribution is -0.145. The van der Waals surface area contributed by atoms with E-state index < -0.39 is 77.3 Å². The van der Waals surface area contributed by atoms with Gasteiger partial charge in [-0.2, -0.15) is 0 Å². The van der Waals surface area contributed by atoms with Gasteiger partial charge in [0, 0.05) is 56.6 Å². The Bertz CT molecular complexity index is 2090. The van der Waals surface area contributed by atoms with Crippen molar-refractivity contribution in [2.75, 3.05) is 60.0 Å². The molecule has 16 nitrogen and oxygen atoms in total. The minimum Gasteiger partial charge on any atom is -0.465 e. The Morgan fingerprint density at radius 3 is 1.97 bits per heavy atom. The summed E-state index contributed by atoms with van der Waals surface area (Å²) in [6.07, 6.45) is 0.323. The van der Waals surface area contributed by atoms with Gasteiger partial charge in [-0.05, 0) is 55.9 Å². The maximum absolute atomic E-state index is 13.6. The molecular formula is C43H51N5O11. The topological polar surface area (TPSA) is 210 Å². The van der Waals surface area contributed by atoms with Crippen molar-refractivity contribution in [3.63, 3.8) is 0 Å². The second-order valence-electron chi connectivity index (χ2n) is 16.1. The number of esters is 1. The van der Waals surface area contributed by atoms with E-state index >= 15 is 0 Å². The van der Waals surface area contributed by atoms with Crippen molar-refractivity contribution in [3.8, 4) is 11.1 Å². The standard InChI is InChI=1S/C43H51N5O11/c1-25-36-31(37(53)42(4,56)43(25)15-16-43)19-41(3,24-58-26(2)49)38(36)59-40(55)48(6)18-17-47(5)35(52)22-45-33(50)20-44-34(51)21-46-39(54)57-23-32-29-13-9-7-11-27(29)28-12-8-10-14-30(28)32/h7-14,19,32,38,56H,15-18,20-24H2,1-6H3,(H,44,51)(H,45,50)(H,46,54)/t38?,41?,42-/m0/s1. The molecule has 16 heteroatoms. The second-order valence-corrected chi connectivity index (χ2v) is 16.1. The molecule has 6 rings (SSSR count). The zero-order valence-electron chi connectivity index (χ0n) is 34.1. The number of nitrogens with one attached hydrogen (secondary N) is 3. The number of likely N-dealkylation sites (N-methyl/N-ethyl adjacent to an activating group) is 2. The minimum absolute atomic E-state index is 0.0467. The summed E-state index contributed by atoms with van der Waals surface area (Å²) in [5, 5.41) is 18.5. The molecule has 5 amide bonds. The number of ether oxygens (including phenoxy) is 3. The molecule has 314 valence electrons. The number of hydrogen-bond acceptors (Lipinski definition) is 11. The number of fused-ring (bicyclic) bond motifs is 4. The lowest BCUT2D eigenvalue weighted by atomic mass is 9.67. The van der Waals surface area contributed by atoms with Crippen LogP contribution in [0.4, 0.5) is 9.59 Å². The van der Waals surface area contributed by atoms with Gasteiger partial charge in [-0.15, -0.1) is 0 Å². The van der Waals surface area contributed by atoms with E-state index in [1.165, 1.54) is 37.7 Å². The smallest absolute Gasteiger partial charge is 0.410 e. The Balaban J connectivity index is 0.912. The average Bonchev–Trinajstić information content (AvgIpc) is 3.91. The number of alkyl carbamates (subject to hydrolysis) is 1. The van der Waals surface area contributed by atoms with Crippen LogP contribution in [-0.4, -0.2) is 128 Å². The van der Waals surface area contributed by atoms with Crippen LogP contribution in [-0.2, 0) is 38.2 Å². The zero-order chi connectivity index (χ0) is 42.9. The predicted molar refractivity (Wildman–Crippen MR) is 212 cm³/mol. The summed E-state index contributed by atoms with van der Waals surface area (Å²) in [6.45, 7) is 5.11. The first kappa shape index (κ1) is 42.6. The number of rotatable bonds is 14. The van der Waals surface area contributed by atoms with Crippen LogP contribution in [0.3, 0.4) is 0 Å². The number of aliphatic hydroxyl groups is 1. The fourth-order valence-electron chi connectivity index (χ4n) is 8.32. The minimum atomic E-state index is -1.62. The summed E-state index contributed by atoms with van der Waals surface area (Å²) in [4.78, 5) is 91.3. The third-order valence-electron chi connectivity index (χ3n) is 12.0. The molecule has 2 aromatic carbocycles. The Kier molecular flexibility index (Phi) is 12.0. The maximum Gasteiger partial charge on any atom is 0.410 e. The Morgan fingerprint density at radius 1 is 0.814 bits per heavy atom. The summed E-state index contributed by atoms with van der Waals surface area (Å²) >= 11 is 0. The molecule has 1 fully saturated rings. The Labute approximate surface area is 342 Å². The number of carbonyl (C=O) groups is 7. The van der Waals surface area contributed by atoms with Gasteiger partial charge in [-0.1, -0.05) is 60.2 Å². The van der Waals surface area contributed by atoms with Gasteiger partial charge in [-0.25, -0.2) is 9.59 Å². The molecule has 0 heterocycles. The number of Topliss-reactive ketones (excluding diaryl/α,β-unsaturated/α-hetero) is 1. The molecule has 1 spiro atoms. The number of carbonyl (C=O) groups excluding carboxylic acids is 7. The van der Waals surface area contributed by atoms with Gasteiger partial charge in [0.25, 0.3) is 0 Å². The van der Waals surface area contributed by atoms with Crippen molar-refractivity contribution >= 4 is 41.7 Å². The van der Waals surface area contributed by atoms with E-state index in [0.29, 0.717) is 18.4 Å². The van der Waals surface area contributed by atoms with Crippen molar-refractivity contribution < 1.29 is 52.9 Å². The maximum atomic E-state index is 13.6. The van der Waals surface area contributed by atoms with Crippen molar-refractivity contribution in [2.45, 2.75) is 58.2 Å². The number of hydrogen-bond donors (Lipinski definition) is 4. The predicted octanol–water partition coefficient (Wildman–Crippen LogP) is 2.59. The lowest BCUT2D eigenvalue weighted by Crippen LogP contribution is -2.50. The van der Waals surface area contributed by atoms with Crippen LogP contribution >= 0.6 is 0 Å². The second kappa shape index (κ2) is 16.7. The van der Waals surface area contributed by atoms with E-state index in [-0.39, 0.29) is 44.3 Å². The van der Waals surface area contributed by atoms with Gasteiger partial charge in [0.1, 0.15) is 31.5 Å². The summed E-state index contributed by atoms with van der Waals surface area (Å²) in [5.74, 6) is -2.88. The van der Waals surface area contributed by atoms with Gasteiger partial charge in [0.2, 0.25) is 17.7 Å². The first-order chi connectivity index (χ1) is 27.9. The van der Waals surface area contributed by atoms with Gasteiger partial charge < -0.3 is 45.1 Å². The van der Waals surface area contributed by atoms with Crippen molar-refractivity contribution in [3.05, 3.63) is 82.5 Å². The van der Waals surface area contributed by atoms with Crippen molar-refractivity contribution in [1.29, 1.82) is 0 Å². The van der Waals surface area contributed by atoms with Crippen LogP contribution in [0, 0.1) is 10.8 Å². The highest BCUT2D eigenvalue weighted by molar-refractivity contribution is 6.09. The number of nitrogens with zero attached hydrogens (tertiary/aromatic N) is 2. The highest BCUT2D eigenvalue weighted by Crippen LogP contribution is 2.66. The van der Waals surface area contributed by atoms with Gasteiger partial charge >= 0.3 is 18.2 Å². The molecule has 4 aliphatic carbocycles. The van der Waals surface area contributed by atoms with Gasteiger partial charge in [-0.3, -0.25) is 24.0 Å². The van der Waals surface area contributed by atoms with Crippen molar-refractivity contribution in [1.82, 2.24) is 25.8 Å². The summed E-state index contributed by atoms with van der Waals surface area (Å²) in [7, 11) is 2.98. The monoisotopic (exact) mass is 813 g/mol. The normalized spacial score (nSPS) is 22.0. The number of amides is 5. The SMILES string of the molecule is CC(=O)OCC1(C)C=C2C(=O)[C@](C)(O)C3(CC3)C(C)=C2C1OC(=O)N(C)CCN(C)C(=O)CNC(=O)CNC(=O)CNC(=O)OCC1c2ccccc2-c2ccccc21. The molecule has 2 unspecified atom stereocenters. The van der Waals surface area contributed by atoms with Crippen molar-refractivity contribution in [2.24, 2.45) is 10.8 Å². The van der Waals surface area contributed by atoms with Gasteiger partial charge in [0.15, 0.2) is 5.78 Å². The van der Waals surface area contributed by atoms with E-state index in [4.69, 9.17) is 14.2 Å². The van der Waals surface area contributed by atoms with E-state index in [1.54, 1.807) is 13.0 Å². The fourth-order valence-corrected chi connectivity index (χ4v) is 8.32. The highest BCUT2D eigenvalue weighted by atomic mass is 16.6.